The molecule has 3 aromatic rings. The maximum atomic E-state index is 12.7. The van der Waals surface area contributed by atoms with Crippen LogP contribution >= 0.6 is 0 Å². The number of epoxide rings is 1. The number of carbonyl (C=O) groups excluding carboxylic acids is 1. The quantitative estimate of drug-likeness (QED) is 0.461. The molecule has 0 bridgehead atoms. The summed E-state index contributed by atoms with van der Waals surface area (Å²) in [5.74, 6) is 0.883. The van der Waals surface area contributed by atoms with Crippen molar-refractivity contribution in [1.82, 2.24) is 9.97 Å². The van der Waals surface area contributed by atoms with Crippen molar-refractivity contribution in [3.05, 3.63) is 65.9 Å². The Kier molecular flexibility index (Phi) is 5.91. The van der Waals surface area contributed by atoms with Crippen molar-refractivity contribution in [3.63, 3.8) is 0 Å². The summed E-state index contributed by atoms with van der Waals surface area (Å²) in [4.78, 5) is 20.3. The van der Waals surface area contributed by atoms with Gasteiger partial charge in [0.15, 0.2) is 5.82 Å². The molecule has 0 radical (unpaired) electrons. The Morgan fingerprint density at radius 2 is 1.67 bits per heavy atom. The smallest absolute Gasteiger partial charge is 0.416 e. The molecule has 1 amide bonds. The first kappa shape index (κ1) is 22.5. The van der Waals surface area contributed by atoms with Crippen molar-refractivity contribution in [2.45, 2.75) is 31.5 Å². The fraction of sp³-hybridized carbons (Fsp3) is 0.227. The lowest BCUT2D eigenvalue weighted by atomic mass is 10.2. The molecule has 1 aliphatic rings. The lowest BCUT2D eigenvalue weighted by Crippen LogP contribution is -2.32. The summed E-state index contributed by atoms with van der Waals surface area (Å²) in [7, 11) is 0. The number of rotatable bonds is 7. The molecule has 2 unspecified atom stereocenters. The van der Waals surface area contributed by atoms with Gasteiger partial charge in [0.2, 0.25) is 5.91 Å². The molecule has 1 saturated heterocycles. The number of nitrogens with one attached hydrogen (secondary N) is 1. The van der Waals surface area contributed by atoms with Crippen LogP contribution < -0.4 is 21.5 Å². The van der Waals surface area contributed by atoms with E-state index in [-0.39, 0.29) is 11.9 Å². The number of carbonyl (C=O) groups is 1. The Labute approximate surface area is 186 Å². The number of anilines is 1. The monoisotopic (exact) mass is 459 g/mol. The highest BCUT2D eigenvalue weighted by Crippen LogP contribution is 2.36. The Bertz CT molecular complexity index is 1150. The number of hydrogen-bond donors (Lipinski definition) is 3. The number of primary amides is 1. The highest BCUT2D eigenvalue weighted by Gasteiger charge is 2.38. The maximum absolute atomic E-state index is 12.7. The summed E-state index contributed by atoms with van der Waals surface area (Å²) in [5.41, 5.74) is 11.5. The molecule has 1 aliphatic heterocycles. The average Bonchev–Trinajstić information content (AvgIpc) is 3.50. The van der Waals surface area contributed by atoms with Crippen LogP contribution in [0.15, 0.2) is 54.6 Å². The molecule has 2 aromatic carbocycles. The molecule has 0 saturated carbocycles. The van der Waals surface area contributed by atoms with Gasteiger partial charge in [-0.1, -0.05) is 0 Å². The molecule has 8 nitrogen and oxygen atoms in total. The summed E-state index contributed by atoms with van der Waals surface area (Å²) in [6, 6.07) is 12.1. The van der Waals surface area contributed by atoms with Crippen molar-refractivity contribution in [3.8, 4) is 22.9 Å². The summed E-state index contributed by atoms with van der Waals surface area (Å²) in [6.07, 6.45) is -5.25. The third-order valence-corrected chi connectivity index (χ3v) is 4.88. The highest BCUT2D eigenvalue weighted by atomic mass is 19.4. The van der Waals surface area contributed by atoms with Gasteiger partial charge in [-0.3, -0.25) is 4.79 Å². The van der Waals surface area contributed by atoms with Gasteiger partial charge in [-0.2, -0.15) is 13.2 Å². The topological polar surface area (TPSA) is 129 Å². The molecule has 3 atom stereocenters. The van der Waals surface area contributed by atoms with Gasteiger partial charge >= 0.3 is 6.18 Å². The molecule has 4 rings (SSSR count). The Hall–Kier alpha value is -3.70. The van der Waals surface area contributed by atoms with Gasteiger partial charge in [-0.25, -0.2) is 9.97 Å². The standard InChI is InChI=1S/C22H20F3N5O3/c1-11(19(26)31)28-17-10-16(18-20(27)33-18)29-21(30-17)12-2-6-14(7-3-12)32-15-8-4-13(5-9-15)22(23,24)25/h2-11,18,20H,27H2,1H3,(H2,26,31)(H,28,29,30)/t11-,18?,20?/m0/s1. The number of amides is 1. The third-order valence-electron chi connectivity index (χ3n) is 4.88. The van der Waals surface area contributed by atoms with Crippen molar-refractivity contribution >= 4 is 11.7 Å². The van der Waals surface area contributed by atoms with Gasteiger partial charge < -0.3 is 26.3 Å². The first-order valence-electron chi connectivity index (χ1n) is 9.91. The zero-order valence-corrected chi connectivity index (χ0v) is 17.3. The summed E-state index contributed by atoms with van der Waals surface area (Å²) in [6.45, 7) is 1.61. The SMILES string of the molecule is C[C@H](Nc1cc(C2OC2N)nc(-c2ccc(Oc3ccc(C(F)(F)F)cc3)cc2)n1)C(N)=O. The third kappa shape index (κ3) is 5.38. The van der Waals surface area contributed by atoms with Crippen LogP contribution in [0.2, 0.25) is 0 Å². The number of ether oxygens (including phenoxy) is 2. The normalized spacial score (nSPS) is 18.5. The summed E-state index contributed by atoms with van der Waals surface area (Å²) < 4.78 is 49.0. The minimum Gasteiger partial charge on any atom is -0.457 e. The van der Waals surface area contributed by atoms with Gasteiger partial charge in [-0.05, 0) is 55.5 Å². The summed E-state index contributed by atoms with van der Waals surface area (Å²) >= 11 is 0. The van der Waals surface area contributed by atoms with Crippen LogP contribution in [0.25, 0.3) is 11.4 Å². The van der Waals surface area contributed by atoms with Crippen LogP contribution in [0.3, 0.4) is 0 Å². The van der Waals surface area contributed by atoms with E-state index in [9.17, 15) is 18.0 Å². The second kappa shape index (κ2) is 8.68. The van der Waals surface area contributed by atoms with Gasteiger partial charge in [0.25, 0.3) is 0 Å². The minimum atomic E-state index is -4.41. The Morgan fingerprint density at radius 3 is 2.18 bits per heavy atom. The zero-order valence-electron chi connectivity index (χ0n) is 17.3. The van der Waals surface area contributed by atoms with E-state index in [0.717, 1.165) is 12.1 Å². The number of nitrogens with zero attached hydrogens (tertiary/aromatic N) is 2. The molecule has 0 aliphatic carbocycles. The molecule has 172 valence electrons. The van der Waals surface area contributed by atoms with Gasteiger partial charge in [0.1, 0.15) is 35.7 Å². The van der Waals surface area contributed by atoms with Crippen LogP contribution in [-0.4, -0.2) is 28.1 Å². The number of nitrogens with two attached hydrogens (primary N) is 2. The minimum absolute atomic E-state index is 0.265. The fourth-order valence-electron chi connectivity index (χ4n) is 2.99. The van der Waals surface area contributed by atoms with E-state index >= 15 is 0 Å². The number of alkyl halides is 3. The highest BCUT2D eigenvalue weighted by molar-refractivity contribution is 5.82. The van der Waals surface area contributed by atoms with E-state index in [1.54, 1.807) is 37.3 Å². The molecule has 5 N–H and O–H groups in total. The predicted octanol–water partition coefficient (Wildman–Crippen LogP) is 3.60. The van der Waals surface area contributed by atoms with E-state index in [1.165, 1.54) is 12.1 Å². The lowest BCUT2D eigenvalue weighted by molar-refractivity contribution is -0.137. The molecule has 11 heteroatoms. The largest absolute Gasteiger partial charge is 0.457 e. The average molecular weight is 459 g/mol. The van der Waals surface area contributed by atoms with Crippen molar-refractivity contribution in [2.75, 3.05) is 5.32 Å². The molecule has 1 aromatic heterocycles. The number of aromatic nitrogens is 2. The van der Waals surface area contributed by atoms with Crippen LogP contribution in [-0.2, 0) is 15.7 Å². The molecule has 1 fully saturated rings. The Balaban J connectivity index is 1.54. The van der Waals surface area contributed by atoms with Crippen molar-refractivity contribution in [2.24, 2.45) is 11.5 Å². The van der Waals surface area contributed by atoms with E-state index in [0.29, 0.717) is 28.6 Å². The van der Waals surface area contributed by atoms with E-state index < -0.39 is 29.9 Å². The van der Waals surface area contributed by atoms with Crippen LogP contribution in [0.1, 0.15) is 24.3 Å². The first-order chi connectivity index (χ1) is 15.6. The molecule has 2 heterocycles. The van der Waals surface area contributed by atoms with Crippen molar-refractivity contribution < 1.29 is 27.4 Å². The second-order valence-electron chi connectivity index (χ2n) is 7.44. The van der Waals surface area contributed by atoms with Crippen LogP contribution in [0, 0.1) is 0 Å². The molecule has 33 heavy (non-hydrogen) atoms. The predicted molar refractivity (Wildman–Crippen MR) is 113 cm³/mol. The second-order valence-corrected chi connectivity index (χ2v) is 7.44. The molecular formula is C22H20F3N5O3. The molecule has 0 spiro atoms. The lowest BCUT2D eigenvalue weighted by Gasteiger charge is -2.13. The van der Waals surface area contributed by atoms with Crippen molar-refractivity contribution in [1.29, 1.82) is 0 Å². The van der Waals surface area contributed by atoms with E-state index in [4.69, 9.17) is 20.9 Å². The number of benzene rings is 2. The Morgan fingerprint density at radius 1 is 1.09 bits per heavy atom. The van der Waals surface area contributed by atoms with Crippen LogP contribution in [0.4, 0.5) is 19.0 Å². The summed E-state index contributed by atoms with van der Waals surface area (Å²) in [5, 5.41) is 2.92. The van der Waals surface area contributed by atoms with Gasteiger partial charge in [0.05, 0.1) is 11.3 Å². The molecular weight excluding hydrogens is 439 g/mol. The fourth-order valence-corrected chi connectivity index (χ4v) is 2.99. The van der Waals surface area contributed by atoms with E-state index in [2.05, 4.69) is 15.3 Å². The van der Waals surface area contributed by atoms with Gasteiger partial charge in [0, 0.05) is 11.6 Å². The first-order valence-corrected chi connectivity index (χ1v) is 9.91. The van der Waals surface area contributed by atoms with E-state index in [1.807, 2.05) is 0 Å². The number of hydrogen-bond acceptors (Lipinski definition) is 7. The van der Waals surface area contributed by atoms with Crippen LogP contribution in [0.5, 0.6) is 11.5 Å². The number of halogens is 3. The maximum Gasteiger partial charge on any atom is 0.416 e. The zero-order chi connectivity index (χ0) is 23.8. The van der Waals surface area contributed by atoms with Gasteiger partial charge in [-0.15, -0.1) is 0 Å².